The van der Waals surface area contributed by atoms with Crippen LogP contribution in [0.5, 0.6) is 0 Å². The summed E-state index contributed by atoms with van der Waals surface area (Å²) in [5.74, 6) is -0.0710. The van der Waals surface area contributed by atoms with Crippen molar-refractivity contribution in [3.63, 3.8) is 0 Å². The first-order valence-electron chi connectivity index (χ1n) is 5.22. The average molecular weight is 297 g/mol. The maximum atomic E-state index is 11.8. The van der Waals surface area contributed by atoms with Gasteiger partial charge in [-0.25, -0.2) is 4.98 Å². The van der Waals surface area contributed by atoms with E-state index in [9.17, 15) is 4.79 Å². The highest BCUT2D eigenvalue weighted by Crippen LogP contribution is 2.13. The lowest BCUT2D eigenvalue weighted by atomic mass is 10.4. The number of imidazole rings is 1. The van der Waals surface area contributed by atoms with E-state index in [0.29, 0.717) is 12.2 Å². The van der Waals surface area contributed by atoms with E-state index in [2.05, 4.69) is 26.2 Å². The minimum atomic E-state index is -0.0710. The molecule has 0 saturated carbocycles. The number of nitrogens with zero attached hydrogens (tertiary/aromatic N) is 3. The molecule has 90 valence electrons. The number of carbonyl (C=O) groups excluding carboxylic acids is 1. The van der Waals surface area contributed by atoms with Gasteiger partial charge in [-0.05, 0) is 22.0 Å². The van der Waals surface area contributed by atoms with Gasteiger partial charge in [0, 0.05) is 43.2 Å². The monoisotopic (exact) mass is 296 g/mol. The molecule has 2 heterocycles. The van der Waals surface area contributed by atoms with Gasteiger partial charge in [0.1, 0.15) is 5.69 Å². The van der Waals surface area contributed by atoms with Gasteiger partial charge in [0.05, 0.1) is 6.33 Å². The SMILES string of the molecule is Cn1cc(Br)cc1C(=O)NCCn1ccnc1. The number of rotatable bonds is 4. The number of carbonyl (C=O) groups is 1. The first-order chi connectivity index (χ1) is 8.16. The molecule has 0 aromatic carbocycles. The van der Waals surface area contributed by atoms with E-state index in [1.807, 2.05) is 24.0 Å². The summed E-state index contributed by atoms with van der Waals surface area (Å²) in [7, 11) is 1.84. The Labute approximate surface area is 108 Å². The average Bonchev–Trinajstić information content (AvgIpc) is 2.88. The summed E-state index contributed by atoms with van der Waals surface area (Å²) in [6.45, 7) is 1.30. The van der Waals surface area contributed by atoms with Crippen LogP contribution in [0.2, 0.25) is 0 Å². The van der Waals surface area contributed by atoms with Gasteiger partial charge in [-0.2, -0.15) is 0 Å². The number of hydrogen-bond acceptors (Lipinski definition) is 2. The maximum Gasteiger partial charge on any atom is 0.267 e. The van der Waals surface area contributed by atoms with Gasteiger partial charge in [0.15, 0.2) is 0 Å². The summed E-state index contributed by atoms with van der Waals surface area (Å²) >= 11 is 3.34. The Morgan fingerprint density at radius 1 is 1.59 bits per heavy atom. The lowest BCUT2D eigenvalue weighted by molar-refractivity contribution is 0.0944. The van der Waals surface area contributed by atoms with Crippen molar-refractivity contribution < 1.29 is 4.79 Å². The van der Waals surface area contributed by atoms with Crippen molar-refractivity contribution in [1.29, 1.82) is 0 Å². The van der Waals surface area contributed by atoms with Crippen molar-refractivity contribution in [2.24, 2.45) is 7.05 Å². The van der Waals surface area contributed by atoms with E-state index >= 15 is 0 Å². The Bertz CT molecular complexity index is 504. The second kappa shape index (κ2) is 5.18. The highest BCUT2D eigenvalue weighted by atomic mass is 79.9. The Morgan fingerprint density at radius 3 is 3.00 bits per heavy atom. The maximum absolute atomic E-state index is 11.8. The third-order valence-electron chi connectivity index (χ3n) is 2.42. The van der Waals surface area contributed by atoms with Crippen molar-refractivity contribution >= 4 is 21.8 Å². The lowest BCUT2D eigenvalue weighted by Gasteiger charge is -2.06. The van der Waals surface area contributed by atoms with E-state index in [-0.39, 0.29) is 5.91 Å². The second-order valence-corrected chi connectivity index (χ2v) is 4.63. The molecular weight excluding hydrogens is 284 g/mol. The van der Waals surface area contributed by atoms with Crippen molar-refractivity contribution in [3.8, 4) is 0 Å². The van der Waals surface area contributed by atoms with Crippen LogP contribution in [0.3, 0.4) is 0 Å². The minimum absolute atomic E-state index is 0.0710. The molecular formula is C11H13BrN4O. The summed E-state index contributed by atoms with van der Waals surface area (Å²) in [5, 5.41) is 2.86. The fraction of sp³-hybridized carbons (Fsp3) is 0.273. The Hall–Kier alpha value is -1.56. The van der Waals surface area contributed by atoms with E-state index < -0.39 is 0 Å². The molecule has 0 spiro atoms. The quantitative estimate of drug-likeness (QED) is 0.928. The molecule has 2 rings (SSSR count). The summed E-state index contributed by atoms with van der Waals surface area (Å²) < 4.78 is 4.61. The standard InChI is InChI=1S/C11H13BrN4O/c1-15-7-9(12)6-10(15)11(17)14-3-5-16-4-2-13-8-16/h2,4,6-8H,3,5H2,1H3,(H,14,17). The van der Waals surface area contributed by atoms with E-state index in [4.69, 9.17) is 0 Å². The Balaban J connectivity index is 1.87. The van der Waals surface area contributed by atoms with Crippen LogP contribution in [0.1, 0.15) is 10.5 Å². The number of amides is 1. The first-order valence-corrected chi connectivity index (χ1v) is 6.02. The molecule has 1 amide bonds. The molecule has 0 aliphatic rings. The Morgan fingerprint density at radius 2 is 2.41 bits per heavy atom. The number of aromatic nitrogens is 3. The van der Waals surface area contributed by atoms with Crippen molar-refractivity contribution in [1.82, 2.24) is 19.4 Å². The second-order valence-electron chi connectivity index (χ2n) is 3.71. The molecule has 5 nitrogen and oxygen atoms in total. The molecule has 0 atom stereocenters. The van der Waals surface area contributed by atoms with Gasteiger partial charge < -0.3 is 14.5 Å². The molecule has 0 unspecified atom stereocenters. The number of nitrogens with one attached hydrogen (secondary N) is 1. The molecule has 0 radical (unpaired) electrons. The highest BCUT2D eigenvalue weighted by Gasteiger charge is 2.09. The van der Waals surface area contributed by atoms with Crippen LogP contribution in [0.15, 0.2) is 35.5 Å². The fourth-order valence-corrected chi connectivity index (χ4v) is 2.08. The van der Waals surface area contributed by atoms with Crippen LogP contribution in [0.4, 0.5) is 0 Å². The first kappa shape index (κ1) is 11.9. The zero-order valence-corrected chi connectivity index (χ0v) is 11.0. The molecule has 0 aliphatic carbocycles. The molecule has 17 heavy (non-hydrogen) atoms. The normalized spacial score (nSPS) is 10.5. The van der Waals surface area contributed by atoms with Gasteiger partial charge in [0.25, 0.3) is 5.91 Å². The third kappa shape index (κ3) is 2.97. The van der Waals surface area contributed by atoms with Crippen LogP contribution in [0, 0.1) is 0 Å². The number of halogens is 1. The summed E-state index contributed by atoms with van der Waals surface area (Å²) in [5.41, 5.74) is 0.641. The lowest BCUT2D eigenvalue weighted by Crippen LogP contribution is -2.28. The van der Waals surface area contributed by atoms with Gasteiger partial charge >= 0.3 is 0 Å². The van der Waals surface area contributed by atoms with Gasteiger partial charge in [-0.1, -0.05) is 0 Å². The van der Waals surface area contributed by atoms with Gasteiger partial charge in [0.2, 0.25) is 0 Å². The van der Waals surface area contributed by atoms with E-state index in [1.165, 1.54) is 0 Å². The molecule has 0 fully saturated rings. The third-order valence-corrected chi connectivity index (χ3v) is 2.85. The zero-order valence-electron chi connectivity index (χ0n) is 9.43. The van der Waals surface area contributed by atoms with E-state index in [1.54, 1.807) is 23.2 Å². The summed E-state index contributed by atoms with van der Waals surface area (Å²) in [6, 6.07) is 1.80. The highest BCUT2D eigenvalue weighted by molar-refractivity contribution is 9.10. The van der Waals surface area contributed by atoms with Crippen LogP contribution in [-0.2, 0) is 13.6 Å². The van der Waals surface area contributed by atoms with Crippen LogP contribution < -0.4 is 5.32 Å². The predicted molar refractivity (Wildman–Crippen MR) is 67.7 cm³/mol. The largest absolute Gasteiger partial charge is 0.349 e. The predicted octanol–water partition coefficient (Wildman–Crippen LogP) is 1.41. The molecule has 6 heteroatoms. The number of aryl methyl sites for hydroxylation is 1. The summed E-state index contributed by atoms with van der Waals surface area (Å²) in [4.78, 5) is 15.8. The number of hydrogen-bond donors (Lipinski definition) is 1. The van der Waals surface area contributed by atoms with Crippen molar-refractivity contribution in [2.75, 3.05) is 6.54 Å². The fourth-order valence-electron chi connectivity index (χ4n) is 1.56. The van der Waals surface area contributed by atoms with Gasteiger partial charge in [-0.15, -0.1) is 0 Å². The molecule has 0 saturated heterocycles. The molecule has 0 bridgehead atoms. The minimum Gasteiger partial charge on any atom is -0.349 e. The molecule has 0 aliphatic heterocycles. The van der Waals surface area contributed by atoms with Crippen LogP contribution in [-0.4, -0.2) is 26.6 Å². The van der Waals surface area contributed by atoms with Crippen molar-refractivity contribution in [2.45, 2.75) is 6.54 Å². The molecule has 2 aromatic heterocycles. The van der Waals surface area contributed by atoms with Crippen LogP contribution >= 0.6 is 15.9 Å². The smallest absolute Gasteiger partial charge is 0.267 e. The molecule has 1 N–H and O–H groups in total. The van der Waals surface area contributed by atoms with E-state index in [0.717, 1.165) is 11.0 Å². The zero-order chi connectivity index (χ0) is 12.3. The van der Waals surface area contributed by atoms with Gasteiger partial charge in [-0.3, -0.25) is 4.79 Å². The summed E-state index contributed by atoms with van der Waals surface area (Å²) in [6.07, 6.45) is 7.16. The Kier molecular flexibility index (Phi) is 3.63. The molecule has 2 aromatic rings. The van der Waals surface area contributed by atoms with Crippen LogP contribution in [0.25, 0.3) is 0 Å². The van der Waals surface area contributed by atoms with Crippen molar-refractivity contribution in [3.05, 3.63) is 41.2 Å². The topological polar surface area (TPSA) is 51.9 Å².